The van der Waals surface area contributed by atoms with Crippen LogP contribution in [0.15, 0.2) is 42.6 Å². The summed E-state index contributed by atoms with van der Waals surface area (Å²) < 4.78 is 5.17. The molecule has 1 aliphatic rings. The van der Waals surface area contributed by atoms with E-state index in [0.717, 1.165) is 12.0 Å². The Labute approximate surface area is 152 Å². The van der Waals surface area contributed by atoms with Gasteiger partial charge in [-0.25, -0.2) is 4.98 Å². The lowest BCUT2D eigenvalue weighted by Crippen LogP contribution is -2.48. The predicted molar refractivity (Wildman–Crippen MR) is 95.6 cm³/mol. The monoisotopic (exact) mass is 351 g/mol. The summed E-state index contributed by atoms with van der Waals surface area (Å²) in [5, 5.41) is 20.1. The Morgan fingerprint density at radius 1 is 1.35 bits per heavy atom. The number of benzene rings is 1. The number of nitriles is 1. The Bertz CT molecular complexity index is 823. The van der Waals surface area contributed by atoms with Crippen LogP contribution in [0, 0.1) is 11.3 Å². The number of pyridine rings is 1. The number of rotatable bonds is 4. The molecule has 2 aromatic rings. The van der Waals surface area contributed by atoms with E-state index >= 15 is 0 Å². The minimum Gasteiger partial charge on any atom is -0.497 e. The highest BCUT2D eigenvalue weighted by molar-refractivity contribution is 5.92. The lowest BCUT2D eigenvalue weighted by atomic mass is 9.86. The maximum atomic E-state index is 12.9. The summed E-state index contributed by atoms with van der Waals surface area (Å²) in [5.41, 5.74) is 0.229. The number of aromatic nitrogens is 1. The Hall–Kier alpha value is -2.91. The van der Waals surface area contributed by atoms with Crippen molar-refractivity contribution in [3.05, 3.63) is 59.4 Å². The Morgan fingerprint density at radius 2 is 2.08 bits per heavy atom. The van der Waals surface area contributed by atoms with E-state index in [1.54, 1.807) is 43.2 Å². The summed E-state index contributed by atoms with van der Waals surface area (Å²) >= 11 is 0. The van der Waals surface area contributed by atoms with Gasteiger partial charge in [-0.1, -0.05) is 12.1 Å². The molecule has 134 valence electrons. The number of carbonyl (C=O) groups excluding carboxylic acids is 1. The largest absolute Gasteiger partial charge is 0.497 e. The SMILES string of the molecule is COc1ccc([C@@](C)(O)[C@H]2CCCN2C(=O)c2ccc(C#N)cn2)cc1. The molecule has 2 heterocycles. The number of hydrogen-bond acceptors (Lipinski definition) is 5. The molecule has 6 nitrogen and oxygen atoms in total. The topological polar surface area (TPSA) is 86.5 Å². The molecule has 3 rings (SSSR count). The van der Waals surface area contributed by atoms with E-state index in [0.29, 0.717) is 24.3 Å². The molecule has 1 amide bonds. The number of methoxy groups -OCH3 is 1. The lowest BCUT2D eigenvalue weighted by Gasteiger charge is -2.37. The van der Waals surface area contributed by atoms with Crippen molar-refractivity contribution in [1.29, 1.82) is 5.26 Å². The van der Waals surface area contributed by atoms with Gasteiger partial charge in [0.1, 0.15) is 23.1 Å². The highest BCUT2D eigenvalue weighted by Crippen LogP contribution is 2.36. The molecule has 0 spiro atoms. The number of carbonyl (C=O) groups is 1. The van der Waals surface area contributed by atoms with Crippen molar-refractivity contribution in [3.63, 3.8) is 0 Å². The van der Waals surface area contributed by atoms with Gasteiger partial charge in [-0.15, -0.1) is 0 Å². The molecular formula is C20H21N3O3. The van der Waals surface area contributed by atoms with Crippen LogP contribution in [-0.2, 0) is 5.60 Å². The van der Waals surface area contributed by atoms with Crippen molar-refractivity contribution in [3.8, 4) is 11.8 Å². The maximum absolute atomic E-state index is 12.9. The maximum Gasteiger partial charge on any atom is 0.272 e. The van der Waals surface area contributed by atoms with Crippen molar-refractivity contribution in [2.45, 2.75) is 31.4 Å². The van der Waals surface area contributed by atoms with Crippen LogP contribution in [0.5, 0.6) is 5.75 Å². The van der Waals surface area contributed by atoms with Crippen LogP contribution in [0.4, 0.5) is 0 Å². The molecule has 26 heavy (non-hydrogen) atoms. The van der Waals surface area contributed by atoms with Gasteiger partial charge in [0.15, 0.2) is 0 Å². The van der Waals surface area contributed by atoms with Crippen molar-refractivity contribution in [2.24, 2.45) is 0 Å². The summed E-state index contributed by atoms with van der Waals surface area (Å²) in [4.78, 5) is 18.7. The molecule has 0 saturated carbocycles. The first kappa shape index (κ1) is 17.9. The van der Waals surface area contributed by atoms with Crippen molar-refractivity contribution in [2.75, 3.05) is 13.7 Å². The highest BCUT2D eigenvalue weighted by atomic mass is 16.5. The van der Waals surface area contributed by atoms with Crippen LogP contribution in [-0.4, -0.2) is 40.6 Å². The second-order valence-corrected chi connectivity index (χ2v) is 6.58. The molecule has 1 saturated heterocycles. The van der Waals surface area contributed by atoms with Gasteiger partial charge < -0.3 is 14.7 Å². The van der Waals surface area contributed by atoms with Crippen molar-refractivity contribution < 1.29 is 14.6 Å². The zero-order valence-corrected chi connectivity index (χ0v) is 14.8. The van der Waals surface area contributed by atoms with E-state index in [1.807, 2.05) is 18.2 Å². The Balaban J connectivity index is 1.85. The van der Waals surface area contributed by atoms with Crippen molar-refractivity contribution >= 4 is 5.91 Å². The van der Waals surface area contributed by atoms with Crippen LogP contribution < -0.4 is 4.74 Å². The standard InChI is InChI=1S/C20H21N3O3/c1-20(25,15-6-8-16(26-2)9-7-15)18-4-3-11-23(18)19(24)17-10-5-14(12-21)13-22-17/h5-10,13,18,25H,3-4,11H2,1-2H3/t18-,20-/m1/s1. The number of likely N-dealkylation sites (tertiary alicyclic amines) is 1. The molecular weight excluding hydrogens is 330 g/mol. The first-order valence-electron chi connectivity index (χ1n) is 8.51. The van der Waals surface area contributed by atoms with Crippen LogP contribution in [0.2, 0.25) is 0 Å². The molecule has 1 N–H and O–H groups in total. The van der Waals surface area contributed by atoms with Crippen LogP contribution in [0.1, 0.15) is 41.4 Å². The van der Waals surface area contributed by atoms with E-state index < -0.39 is 5.60 Å². The summed E-state index contributed by atoms with van der Waals surface area (Å²) in [7, 11) is 1.59. The van der Waals surface area contributed by atoms with Crippen molar-refractivity contribution in [1.82, 2.24) is 9.88 Å². The molecule has 0 aliphatic carbocycles. The second-order valence-electron chi connectivity index (χ2n) is 6.58. The van der Waals surface area contributed by atoms with Gasteiger partial charge in [0.2, 0.25) is 0 Å². The van der Waals surface area contributed by atoms with Crippen LogP contribution in [0.3, 0.4) is 0 Å². The van der Waals surface area contributed by atoms with Gasteiger partial charge in [0, 0.05) is 12.7 Å². The molecule has 1 aliphatic heterocycles. The molecule has 0 radical (unpaired) electrons. The van der Waals surface area contributed by atoms with E-state index in [1.165, 1.54) is 6.20 Å². The van der Waals surface area contributed by atoms with E-state index in [2.05, 4.69) is 4.98 Å². The number of aliphatic hydroxyl groups is 1. The third kappa shape index (κ3) is 3.26. The molecule has 6 heteroatoms. The molecule has 1 aromatic heterocycles. The highest BCUT2D eigenvalue weighted by Gasteiger charge is 2.43. The minimum absolute atomic E-state index is 0.231. The fourth-order valence-corrected chi connectivity index (χ4v) is 3.45. The van der Waals surface area contributed by atoms with E-state index in [-0.39, 0.29) is 17.6 Å². The Morgan fingerprint density at radius 3 is 2.65 bits per heavy atom. The fraction of sp³-hybridized carbons (Fsp3) is 0.350. The second kappa shape index (κ2) is 7.14. The average Bonchev–Trinajstić information content (AvgIpc) is 3.18. The van der Waals surface area contributed by atoms with Gasteiger partial charge in [0.05, 0.1) is 18.7 Å². The number of hydrogen-bond donors (Lipinski definition) is 1. The normalized spacial score (nSPS) is 18.8. The van der Waals surface area contributed by atoms with Gasteiger partial charge in [0.25, 0.3) is 5.91 Å². The third-order valence-corrected chi connectivity index (χ3v) is 4.95. The molecule has 0 bridgehead atoms. The summed E-state index contributed by atoms with van der Waals surface area (Å²) in [5.74, 6) is 0.483. The van der Waals surface area contributed by atoms with Gasteiger partial charge in [-0.2, -0.15) is 5.26 Å². The van der Waals surface area contributed by atoms with Crippen LogP contribution in [0.25, 0.3) is 0 Å². The third-order valence-electron chi connectivity index (χ3n) is 4.95. The molecule has 1 fully saturated rings. The minimum atomic E-state index is -1.19. The number of nitrogens with zero attached hydrogens (tertiary/aromatic N) is 3. The van der Waals surface area contributed by atoms with Crippen LogP contribution >= 0.6 is 0 Å². The quantitative estimate of drug-likeness (QED) is 0.914. The summed E-state index contributed by atoms with van der Waals surface area (Å²) in [6.07, 6.45) is 2.92. The van der Waals surface area contributed by atoms with Gasteiger partial charge in [-0.05, 0) is 49.6 Å². The van der Waals surface area contributed by atoms with Gasteiger partial charge in [-0.3, -0.25) is 4.79 Å². The predicted octanol–water partition coefficient (Wildman–Crippen LogP) is 2.47. The zero-order valence-electron chi connectivity index (χ0n) is 14.8. The zero-order chi connectivity index (χ0) is 18.7. The number of ether oxygens (including phenoxy) is 1. The average molecular weight is 351 g/mol. The van der Waals surface area contributed by atoms with E-state index in [4.69, 9.17) is 10.00 Å². The number of amides is 1. The Kier molecular flexibility index (Phi) is 4.92. The van der Waals surface area contributed by atoms with Gasteiger partial charge >= 0.3 is 0 Å². The summed E-state index contributed by atoms with van der Waals surface area (Å²) in [6.45, 7) is 2.30. The first-order chi connectivity index (χ1) is 12.5. The summed E-state index contributed by atoms with van der Waals surface area (Å²) in [6, 6.07) is 12.0. The molecule has 1 aromatic carbocycles. The van der Waals surface area contributed by atoms with E-state index in [9.17, 15) is 9.90 Å². The molecule has 2 atom stereocenters. The first-order valence-corrected chi connectivity index (χ1v) is 8.51. The molecule has 0 unspecified atom stereocenters. The smallest absolute Gasteiger partial charge is 0.272 e. The lowest BCUT2D eigenvalue weighted by molar-refractivity contribution is -0.0179. The fourth-order valence-electron chi connectivity index (χ4n) is 3.45.